The maximum absolute atomic E-state index is 13.1. The molecule has 110 valence electrons. The first-order valence-corrected chi connectivity index (χ1v) is 6.88. The molecule has 1 aromatic heterocycles. The summed E-state index contributed by atoms with van der Waals surface area (Å²) in [6.45, 7) is 2.53. The van der Waals surface area contributed by atoms with E-state index in [1.54, 1.807) is 19.2 Å². The predicted octanol–water partition coefficient (Wildman–Crippen LogP) is 3.16. The highest BCUT2D eigenvalue weighted by atomic mass is 19.1. The number of ether oxygens (including phenoxy) is 2. The third-order valence-corrected chi connectivity index (χ3v) is 3.47. The lowest BCUT2D eigenvalue weighted by Crippen LogP contribution is -2.05. The number of anilines is 1. The molecule has 1 aromatic carbocycles. The van der Waals surface area contributed by atoms with Crippen LogP contribution >= 0.6 is 0 Å². The molecule has 1 aliphatic rings. The maximum Gasteiger partial charge on any atom is 0.214 e. The van der Waals surface area contributed by atoms with Crippen LogP contribution in [0.4, 0.5) is 10.2 Å². The lowest BCUT2D eigenvalue weighted by Gasteiger charge is -2.12. The summed E-state index contributed by atoms with van der Waals surface area (Å²) in [5, 5.41) is 3.09. The minimum Gasteiger partial charge on any atom is -0.496 e. The largest absolute Gasteiger partial charge is 0.496 e. The van der Waals surface area contributed by atoms with Gasteiger partial charge in [0.2, 0.25) is 5.95 Å². The van der Waals surface area contributed by atoms with Crippen molar-refractivity contribution in [3.8, 4) is 11.5 Å². The maximum atomic E-state index is 13.1. The molecule has 3 rings (SSSR count). The van der Waals surface area contributed by atoms with Crippen LogP contribution in [-0.2, 0) is 13.0 Å². The molecular formula is C16H17FN2O2. The van der Waals surface area contributed by atoms with E-state index in [2.05, 4.69) is 10.3 Å². The van der Waals surface area contributed by atoms with E-state index in [1.165, 1.54) is 6.07 Å². The van der Waals surface area contributed by atoms with Gasteiger partial charge in [-0.15, -0.1) is 0 Å². The summed E-state index contributed by atoms with van der Waals surface area (Å²) in [6.07, 6.45) is 1.09. The molecule has 2 heterocycles. The van der Waals surface area contributed by atoms with E-state index in [4.69, 9.17) is 9.47 Å². The van der Waals surface area contributed by atoms with E-state index in [9.17, 15) is 4.39 Å². The lowest BCUT2D eigenvalue weighted by molar-refractivity contribution is 0.254. The summed E-state index contributed by atoms with van der Waals surface area (Å²) in [5.74, 6) is 1.69. The predicted molar refractivity (Wildman–Crippen MR) is 78.3 cm³/mol. The summed E-state index contributed by atoms with van der Waals surface area (Å²) in [7, 11) is 1.64. The van der Waals surface area contributed by atoms with E-state index in [0.29, 0.717) is 12.4 Å². The van der Waals surface area contributed by atoms with Crippen molar-refractivity contribution in [2.75, 3.05) is 12.4 Å². The fourth-order valence-corrected chi connectivity index (χ4v) is 2.50. The highest BCUT2D eigenvalue weighted by Gasteiger charge is 2.21. The van der Waals surface area contributed by atoms with Crippen LogP contribution in [0.2, 0.25) is 0 Å². The highest BCUT2D eigenvalue weighted by Crippen LogP contribution is 2.35. The summed E-state index contributed by atoms with van der Waals surface area (Å²) in [5.41, 5.74) is 2.11. The Hall–Kier alpha value is -2.30. The molecule has 21 heavy (non-hydrogen) atoms. The Balaban J connectivity index is 1.80. The molecule has 1 atom stereocenters. The fourth-order valence-electron chi connectivity index (χ4n) is 2.50. The molecule has 0 saturated carbocycles. The Kier molecular flexibility index (Phi) is 3.64. The van der Waals surface area contributed by atoms with Gasteiger partial charge in [0.25, 0.3) is 0 Å². The molecule has 4 nitrogen and oxygen atoms in total. The van der Waals surface area contributed by atoms with E-state index < -0.39 is 5.95 Å². The average molecular weight is 288 g/mol. The second kappa shape index (κ2) is 5.60. The first-order valence-electron chi connectivity index (χ1n) is 6.88. The Morgan fingerprint density at radius 3 is 3.05 bits per heavy atom. The van der Waals surface area contributed by atoms with E-state index in [1.807, 2.05) is 19.1 Å². The van der Waals surface area contributed by atoms with Crippen molar-refractivity contribution in [3.63, 3.8) is 0 Å². The van der Waals surface area contributed by atoms with E-state index in [-0.39, 0.29) is 6.10 Å². The van der Waals surface area contributed by atoms with Gasteiger partial charge >= 0.3 is 0 Å². The number of methoxy groups -OCH3 is 1. The SMILES string of the molecule is COc1cc2c(cc1CNc1cccc(F)n1)OC(C)C2. The standard InChI is InChI=1S/C16H17FN2O2/c1-10-6-11-7-13(20-2)12(8-14(11)21-10)9-18-16-5-3-4-15(17)19-16/h3-5,7-8,10H,6,9H2,1-2H3,(H,18,19). The topological polar surface area (TPSA) is 43.4 Å². The first kappa shape index (κ1) is 13.7. The van der Waals surface area contributed by atoms with Crippen molar-refractivity contribution in [1.29, 1.82) is 0 Å². The molecule has 1 unspecified atom stereocenters. The number of aromatic nitrogens is 1. The van der Waals surface area contributed by atoms with Crippen LogP contribution in [0, 0.1) is 5.95 Å². The fraction of sp³-hybridized carbons (Fsp3) is 0.312. The third kappa shape index (κ3) is 2.91. The molecule has 0 saturated heterocycles. The Labute approximate surface area is 122 Å². The summed E-state index contributed by atoms with van der Waals surface area (Å²) in [4.78, 5) is 3.78. The van der Waals surface area contributed by atoms with Crippen LogP contribution in [0.15, 0.2) is 30.3 Å². The molecule has 2 aromatic rings. The highest BCUT2D eigenvalue weighted by molar-refractivity contribution is 5.50. The van der Waals surface area contributed by atoms with Gasteiger partial charge in [0, 0.05) is 24.1 Å². The van der Waals surface area contributed by atoms with Gasteiger partial charge in [-0.05, 0) is 31.2 Å². The third-order valence-electron chi connectivity index (χ3n) is 3.47. The van der Waals surface area contributed by atoms with Gasteiger partial charge < -0.3 is 14.8 Å². The molecular weight excluding hydrogens is 271 g/mol. The Bertz CT molecular complexity index is 661. The summed E-state index contributed by atoms with van der Waals surface area (Å²) < 4.78 is 24.3. The van der Waals surface area contributed by atoms with E-state index in [0.717, 1.165) is 29.0 Å². The second-order valence-corrected chi connectivity index (χ2v) is 5.10. The van der Waals surface area contributed by atoms with Crippen molar-refractivity contribution in [2.24, 2.45) is 0 Å². The van der Waals surface area contributed by atoms with Crippen LogP contribution in [0.25, 0.3) is 0 Å². The number of hydrogen-bond acceptors (Lipinski definition) is 4. The van der Waals surface area contributed by atoms with Crippen molar-refractivity contribution >= 4 is 5.82 Å². The number of nitrogens with one attached hydrogen (secondary N) is 1. The summed E-state index contributed by atoms with van der Waals surface area (Å²) in [6, 6.07) is 8.64. The molecule has 0 radical (unpaired) electrons. The summed E-state index contributed by atoms with van der Waals surface area (Å²) >= 11 is 0. The molecule has 5 heteroatoms. The van der Waals surface area contributed by atoms with Crippen molar-refractivity contribution in [3.05, 3.63) is 47.4 Å². The number of fused-ring (bicyclic) bond motifs is 1. The van der Waals surface area contributed by atoms with Crippen LogP contribution in [0.5, 0.6) is 11.5 Å². The van der Waals surface area contributed by atoms with Gasteiger partial charge in [0.05, 0.1) is 7.11 Å². The normalized spacial score (nSPS) is 16.2. The van der Waals surface area contributed by atoms with Crippen molar-refractivity contribution in [1.82, 2.24) is 4.98 Å². The quantitative estimate of drug-likeness (QED) is 0.878. The van der Waals surface area contributed by atoms with Crippen molar-refractivity contribution in [2.45, 2.75) is 26.0 Å². The number of pyridine rings is 1. The zero-order valence-corrected chi connectivity index (χ0v) is 12.0. The number of nitrogens with zero attached hydrogens (tertiary/aromatic N) is 1. The van der Waals surface area contributed by atoms with Gasteiger partial charge in [-0.2, -0.15) is 4.39 Å². The minimum absolute atomic E-state index is 0.192. The van der Waals surface area contributed by atoms with Gasteiger partial charge in [-0.25, -0.2) is 4.98 Å². The number of rotatable bonds is 4. The number of hydrogen-bond donors (Lipinski definition) is 1. The molecule has 0 bridgehead atoms. The molecule has 0 spiro atoms. The zero-order chi connectivity index (χ0) is 14.8. The van der Waals surface area contributed by atoms with E-state index >= 15 is 0 Å². The lowest BCUT2D eigenvalue weighted by atomic mass is 10.1. The molecule has 0 aliphatic carbocycles. The van der Waals surface area contributed by atoms with Gasteiger partial charge in [0.1, 0.15) is 23.4 Å². The Morgan fingerprint density at radius 1 is 1.43 bits per heavy atom. The van der Waals surface area contributed by atoms with Crippen LogP contribution in [0.3, 0.4) is 0 Å². The molecule has 1 aliphatic heterocycles. The Morgan fingerprint density at radius 2 is 2.29 bits per heavy atom. The first-order chi connectivity index (χ1) is 10.2. The molecule has 0 amide bonds. The number of benzene rings is 1. The number of halogens is 1. The van der Waals surface area contributed by atoms with Crippen LogP contribution < -0.4 is 14.8 Å². The monoisotopic (exact) mass is 288 g/mol. The minimum atomic E-state index is -0.502. The van der Waals surface area contributed by atoms with Gasteiger partial charge in [-0.3, -0.25) is 0 Å². The second-order valence-electron chi connectivity index (χ2n) is 5.10. The van der Waals surface area contributed by atoms with Crippen LogP contribution in [0.1, 0.15) is 18.1 Å². The van der Waals surface area contributed by atoms with Crippen molar-refractivity contribution < 1.29 is 13.9 Å². The van der Waals surface area contributed by atoms with Gasteiger partial charge in [0.15, 0.2) is 0 Å². The van der Waals surface area contributed by atoms with Crippen LogP contribution in [-0.4, -0.2) is 18.2 Å². The van der Waals surface area contributed by atoms with Gasteiger partial charge in [-0.1, -0.05) is 6.07 Å². The molecule has 0 fully saturated rings. The average Bonchev–Trinajstić information content (AvgIpc) is 2.83. The molecule has 1 N–H and O–H groups in total. The zero-order valence-electron chi connectivity index (χ0n) is 12.0. The smallest absolute Gasteiger partial charge is 0.214 e.